The molecule has 0 aromatic carbocycles. The number of hydrogen-bond donors (Lipinski definition) is 1. The number of aliphatic imine (C=N–C) groups is 1. The number of nitrogens with zero attached hydrogens (tertiary/aromatic N) is 4. The molecular weight excluding hydrogens is 441 g/mol. The van der Waals surface area contributed by atoms with E-state index in [1.165, 1.54) is 38.8 Å². The van der Waals surface area contributed by atoms with Crippen LogP contribution in [0.25, 0.3) is 0 Å². The largest absolute Gasteiger partial charge is 0.357 e. The average Bonchev–Trinajstić information content (AvgIpc) is 3.24. The summed E-state index contributed by atoms with van der Waals surface area (Å²) in [6, 6.07) is 0. The van der Waals surface area contributed by atoms with Crippen LogP contribution in [0.2, 0.25) is 0 Å². The van der Waals surface area contributed by atoms with Crippen molar-refractivity contribution in [3.8, 4) is 0 Å². The van der Waals surface area contributed by atoms with Crippen LogP contribution in [0.1, 0.15) is 70.5 Å². The third-order valence-corrected chi connectivity index (χ3v) is 5.42. The van der Waals surface area contributed by atoms with Gasteiger partial charge in [-0.05, 0) is 38.0 Å². The number of nitrogens with one attached hydrogen (secondary N) is 1. The van der Waals surface area contributed by atoms with Gasteiger partial charge in [-0.25, -0.2) is 0 Å². The van der Waals surface area contributed by atoms with Gasteiger partial charge >= 0.3 is 0 Å². The Bertz CT molecular complexity index is 560. The van der Waals surface area contributed by atoms with E-state index >= 15 is 0 Å². The first-order valence-electron chi connectivity index (χ1n) is 10.0. The Morgan fingerprint density at radius 3 is 2.54 bits per heavy atom. The maximum absolute atomic E-state index is 5.31. The van der Waals surface area contributed by atoms with E-state index in [2.05, 4.69) is 41.1 Å². The lowest BCUT2D eigenvalue weighted by Crippen LogP contribution is -2.40. The van der Waals surface area contributed by atoms with Crippen LogP contribution in [0.15, 0.2) is 9.52 Å². The lowest BCUT2D eigenvalue weighted by atomic mass is 9.82. The molecule has 1 saturated carbocycles. The zero-order valence-corrected chi connectivity index (χ0v) is 18.7. The van der Waals surface area contributed by atoms with Gasteiger partial charge in [-0.2, -0.15) is 4.98 Å². The van der Waals surface area contributed by atoms with Gasteiger partial charge in [-0.15, -0.1) is 24.0 Å². The summed E-state index contributed by atoms with van der Waals surface area (Å²) < 4.78 is 5.31. The molecule has 1 aromatic heterocycles. The van der Waals surface area contributed by atoms with Crippen molar-refractivity contribution in [1.29, 1.82) is 0 Å². The van der Waals surface area contributed by atoms with Gasteiger partial charge in [0.1, 0.15) is 0 Å². The highest BCUT2D eigenvalue weighted by atomic mass is 127. The van der Waals surface area contributed by atoms with Crippen LogP contribution in [-0.4, -0.2) is 47.2 Å². The van der Waals surface area contributed by atoms with Crippen molar-refractivity contribution in [3.63, 3.8) is 0 Å². The molecule has 2 heterocycles. The minimum Gasteiger partial charge on any atom is -0.357 e. The van der Waals surface area contributed by atoms with Crippen molar-refractivity contribution < 1.29 is 4.52 Å². The lowest BCUT2D eigenvalue weighted by molar-refractivity contribution is 0.299. The Morgan fingerprint density at radius 1 is 1.27 bits per heavy atom. The first-order chi connectivity index (χ1) is 12.2. The average molecular weight is 475 g/mol. The standard InChI is InChI=1S/C19H33N5O.HI/c1-4-20-19(24-12-15-8-5-6-9-16(15)13-24)21-11-7-10-17-22-18(14(2)3)23-25-17;/h14-16H,4-13H2,1-3H3,(H,20,21);1H. The molecule has 2 atom stereocenters. The fourth-order valence-corrected chi connectivity index (χ4v) is 4.02. The van der Waals surface area contributed by atoms with Gasteiger partial charge in [0.05, 0.1) is 0 Å². The fraction of sp³-hybridized carbons (Fsp3) is 0.842. The zero-order chi connectivity index (χ0) is 17.6. The second kappa shape index (κ2) is 10.5. The first-order valence-corrected chi connectivity index (χ1v) is 10.0. The summed E-state index contributed by atoms with van der Waals surface area (Å²) in [5.74, 6) is 4.69. The highest BCUT2D eigenvalue weighted by Gasteiger charge is 2.35. The van der Waals surface area contributed by atoms with E-state index in [0.717, 1.165) is 55.4 Å². The van der Waals surface area contributed by atoms with Gasteiger partial charge in [0, 0.05) is 38.5 Å². The maximum Gasteiger partial charge on any atom is 0.226 e. The molecule has 2 unspecified atom stereocenters. The van der Waals surface area contributed by atoms with E-state index in [0.29, 0.717) is 5.92 Å². The lowest BCUT2D eigenvalue weighted by Gasteiger charge is -2.22. The van der Waals surface area contributed by atoms with Crippen LogP contribution in [-0.2, 0) is 6.42 Å². The predicted molar refractivity (Wildman–Crippen MR) is 115 cm³/mol. The van der Waals surface area contributed by atoms with Gasteiger partial charge in [0.2, 0.25) is 5.89 Å². The molecule has 6 nitrogen and oxygen atoms in total. The monoisotopic (exact) mass is 475 g/mol. The molecule has 1 N–H and O–H groups in total. The molecule has 0 spiro atoms. The van der Waals surface area contributed by atoms with E-state index in [-0.39, 0.29) is 24.0 Å². The third kappa shape index (κ3) is 5.57. The molecule has 7 heteroatoms. The highest BCUT2D eigenvalue weighted by molar-refractivity contribution is 14.0. The van der Waals surface area contributed by atoms with Gasteiger partial charge in [-0.1, -0.05) is 31.8 Å². The molecule has 0 radical (unpaired) electrons. The molecular formula is C19H34IN5O. The Hall–Kier alpha value is -0.860. The second-order valence-corrected chi connectivity index (χ2v) is 7.75. The normalized spacial score (nSPS) is 23.1. The molecule has 1 aromatic rings. The van der Waals surface area contributed by atoms with Crippen molar-refractivity contribution in [2.24, 2.45) is 16.8 Å². The van der Waals surface area contributed by atoms with E-state index in [9.17, 15) is 0 Å². The number of fused-ring (bicyclic) bond motifs is 1. The molecule has 1 saturated heterocycles. The number of rotatable bonds is 6. The number of likely N-dealkylation sites (tertiary alicyclic amines) is 1. The van der Waals surface area contributed by atoms with Gasteiger partial charge in [0.25, 0.3) is 0 Å². The summed E-state index contributed by atoms with van der Waals surface area (Å²) in [6.07, 6.45) is 7.35. The maximum atomic E-state index is 5.31. The number of halogens is 1. The second-order valence-electron chi connectivity index (χ2n) is 7.75. The van der Waals surface area contributed by atoms with E-state index < -0.39 is 0 Å². The number of aryl methyl sites for hydroxylation is 1. The van der Waals surface area contributed by atoms with Crippen molar-refractivity contribution in [1.82, 2.24) is 20.4 Å². The van der Waals surface area contributed by atoms with E-state index in [1.54, 1.807) is 0 Å². The summed E-state index contributed by atoms with van der Waals surface area (Å²) >= 11 is 0. The predicted octanol–water partition coefficient (Wildman–Crippen LogP) is 3.83. The molecule has 2 aliphatic rings. The van der Waals surface area contributed by atoms with Crippen molar-refractivity contribution >= 4 is 29.9 Å². The van der Waals surface area contributed by atoms with Gasteiger partial charge in [0.15, 0.2) is 11.8 Å². The van der Waals surface area contributed by atoms with Crippen LogP contribution in [0.5, 0.6) is 0 Å². The molecule has 0 bridgehead atoms. The highest BCUT2D eigenvalue weighted by Crippen LogP contribution is 2.35. The minimum atomic E-state index is 0. The molecule has 26 heavy (non-hydrogen) atoms. The molecule has 3 rings (SSSR count). The van der Waals surface area contributed by atoms with Crippen LogP contribution in [0.4, 0.5) is 0 Å². The number of guanidine groups is 1. The Kier molecular flexibility index (Phi) is 8.63. The van der Waals surface area contributed by atoms with Crippen LogP contribution < -0.4 is 5.32 Å². The smallest absolute Gasteiger partial charge is 0.226 e. The summed E-state index contributed by atoms with van der Waals surface area (Å²) in [7, 11) is 0. The van der Waals surface area contributed by atoms with Crippen LogP contribution in [0.3, 0.4) is 0 Å². The van der Waals surface area contributed by atoms with Gasteiger partial charge < -0.3 is 14.7 Å². The van der Waals surface area contributed by atoms with Crippen molar-refractivity contribution in [3.05, 3.63) is 11.7 Å². The molecule has 0 amide bonds. The molecule has 1 aliphatic heterocycles. The molecule has 148 valence electrons. The Labute approximate surface area is 174 Å². The van der Waals surface area contributed by atoms with E-state index in [4.69, 9.17) is 9.52 Å². The summed E-state index contributed by atoms with van der Waals surface area (Å²) in [6.45, 7) is 10.4. The van der Waals surface area contributed by atoms with Crippen molar-refractivity contribution in [2.75, 3.05) is 26.2 Å². The third-order valence-electron chi connectivity index (χ3n) is 5.42. The minimum absolute atomic E-state index is 0. The molecule has 1 aliphatic carbocycles. The first kappa shape index (κ1) is 21.4. The summed E-state index contributed by atoms with van der Waals surface area (Å²) in [5.41, 5.74) is 0. The Balaban J connectivity index is 0.00000243. The van der Waals surface area contributed by atoms with Crippen LogP contribution in [0, 0.1) is 11.8 Å². The van der Waals surface area contributed by atoms with Gasteiger partial charge in [-0.3, -0.25) is 4.99 Å². The topological polar surface area (TPSA) is 66.5 Å². The molecule has 2 fully saturated rings. The summed E-state index contributed by atoms with van der Waals surface area (Å²) in [4.78, 5) is 11.8. The fourth-order valence-electron chi connectivity index (χ4n) is 4.02. The number of aromatic nitrogens is 2. The van der Waals surface area contributed by atoms with Crippen molar-refractivity contribution in [2.45, 2.75) is 65.2 Å². The zero-order valence-electron chi connectivity index (χ0n) is 16.4. The van der Waals surface area contributed by atoms with E-state index in [1.807, 2.05) is 0 Å². The SMILES string of the molecule is CCNC(=NCCCc1nc(C(C)C)no1)N1CC2CCCCC2C1.I. The number of hydrogen-bond acceptors (Lipinski definition) is 4. The quantitative estimate of drug-likeness (QED) is 0.293. The summed E-state index contributed by atoms with van der Waals surface area (Å²) in [5, 5.41) is 7.50. The van der Waals surface area contributed by atoms with Crippen LogP contribution >= 0.6 is 24.0 Å². The Morgan fingerprint density at radius 2 is 1.96 bits per heavy atom.